The van der Waals surface area contributed by atoms with Crippen LogP contribution >= 0.6 is 27.5 Å². The van der Waals surface area contributed by atoms with Crippen molar-refractivity contribution in [1.82, 2.24) is 10.2 Å². The maximum absolute atomic E-state index is 13.6. The minimum Gasteiger partial charge on any atom is -0.295 e. The third kappa shape index (κ3) is 3.90. The second kappa shape index (κ2) is 8.15. The lowest BCUT2D eigenvalue weighted by molar-refractivity contribution is 0.0989. The number of halogens is 2. The predicted molar refractivity (Wildman–Crippen MR) is 137 cm³/mol. The topological polar surface area (TPSA) is 49.0 Å². The van der Waals surface area contributed by atoms with Gasteiger partial charge >= 0.3 is 0 Å². The van der Waals surface area contributed by atoms with Crippen molar-refractivity contribution < 1.29 is 4.79 Å². The standard InChI is InChI=1S/C27H23BrClN3O/c1-27(2,3)18-8-4-17(5-9-18)25-22-23(16-6-10-19(28)11-7-16)30-31-24(22)26(33)32(25)21-14-12-20(29)13-15-21/h4-15,25H,1-3H3,(H,30,31). The molecule has 33 heavy (non-hydrogen) atoms. The van der Waals surface area contributed by atoms with Crippen LogP contribution in [0.25, 0.3) is 11.3 Å². The molecule has 2 heterocycles. The molecule has 0 bridgehead atoms. The summed E-state index contributed by atoms with van der Waals surface area (Å²) in [5.41, 5.74) is 6.27. The number of hydrogen-bond acceptors (Lipinski definition) is 2. The Morgan fingerprint density at radius 1 is 0.939 bits per heavy atom. The van der Waals surface area contributed by atoms with Gasteiger partial charge in [-0.3, -0.25) is 14.8 Å². The van der Waals surface area contributed by atoms with Gasteiger partial charge in [-0.2, -0.15) is 5.10 Å². The highest BCUT2D eigenvalue weighted by atomic mass is 79.9. The Morgan fingerprint density at radius 3 is 2.18 bits per heavy atom. The lowest BCUT2D eigenvalue weighted by Gasteiger charge is -2.27. The van der Waals surface area contributed by atoms with Crippen molar-refractivity contribution in [2.45, 2.75) is 32.2 Å². The van der Waals surface area contributed by atoms with Gasteiger partial charge in [-0.15, -0.1) is 0 Å². The predicted octanol–water partition coefficient (Wildman–Crippen LogP) is 7.54. The highest BCUT2D eigenvalue weighted by Crippen LogP contribution is 2.45. The van der Waals surface area contributed by atoms with Crippen LogP contribution in [-0.2, 0) is 5.41 Å². The second-order valence-electron chi connectivity index (χ2n) is 9.29. The van der Waals surface area contributed by atoms with E-state index in [2.05, 4.69) is 71.2 Å². The van der Waals surface area contributed by atoms with Crippen LogP contribution in [0.3, 0.4) is 0 Å². The van der Waals surface area contributed by atoms with Gasteiger partial charge < -0.3 is 0 Å². The van der Waals surface area contributed by atoms with Crippen molar-refractivity contribution in [3.8, 4) is 11.3 Å². The van der Waals surface area contributed by atoms with Crippen molar-refractivity contribution in [2.24, 2.45) is 0 Å². The van der Waals surface area contributed by atoms with E-state index in [-0.39, 0.29) is 17.4 Å². The van der Waals surface area contributed by atoms with Crippen molar-refractivity contribution >= 4 is 39.1 Å². The number of H-pyrrole nitrogens is 1. The van der Waals surface area contributed by atoms with E-state index < -0.39 is 0 Å². The van der Waals surface area contributed by atoms with Gasteiger partial charge in [-0.05, 0) is 52.9 Å². The van der Waals surface area contributed by atoms with E-state index in [4.69, 9.17) is 11.6 Å². The molecule has 0 saturated heterocycles. The Kier molecular flexibility index (Phi) is 5.42. The number of aromatic nitrogens is 2. The first-order chi connectivity index (χ1) is 15.7. The van der Waals surface area contributed by atoms with Crippen LogP contribution in [0.4, 0.5) is 5.69 Å². The smallest absolute Gasteiger partial charge is 0.277 e. The summed E-state index contributed by atoms with van der Waals surface area (Å²) in [7, 11) is 0. The fraction of sp³-hybridized carbons (Fsp3) is 0.185. The van der Waals surface area contributed by atoms with Crippen LogP contribution in [0.15, 0.2) is 77.3 Å². The van der Waals surface area contributed by atoms with Gasteiger partial charge in [0, 0.05) is 26.3 Å². The number of carbonyl (C=O) groups excluding carboxylic acids is 1. The summed E-state index contributed by atoms with van der Waals surface area (Å²) in [6.07, 6.45) is 0. The van der Waals surface area contributed by atoms with E-state index in [1.807, 2.05) is 53.4 Å². The lowest BCUT2D eigenvalue weighted by atomic mass is 9.85. The number of nitrogens with one attached hydrogen (secondary N) is 1. The molecule has 1 aromatic heterocycles. The molecule has 4 aromatic rings. The summed E-state index contributed by atoms with van der Waals surface area (Å²) in [6.45, 7) is 6.59. The molecule has 1 aliphatic rings. The molecule has 166 valence electrons. The second-order valence-corrected chi connectivity index (χ2v) is 10.6. The zero-order chi connectivity index (χ0) is 23.3. The zero-order valence-corrected chi connectivity index (χ0v) is 20.9. The molecule has 1 amide bonds. The van der Waals surface area contributed by atoms with Crippen molar-refractivity contribution in [3.63, 3.8) is 0 Å². The molecule has 5 rings (SSSR count). The maximum atomic E-state index is 13.6. The fourth-order valence-electron chi connectivity index (χ4n) is 4.32. The van der Waals surface area contributed by atoms with Gasteiger partial charge in [0.15, 0.2) is 0 Å². The van der Waals surface area contributed by atoms with Crippen molar-refractivity contribution in [1.29, 1.82) is 0 Å². The number of hydrogen-bond donors (Lipinski definition) is 1. The normalized spacial score (nSPS) is 15.7. The first-order valence-corrected chi connectivity index (χ1v) is 11.9. The highest BCUT2D eigenvalue weighted by molar-refractivity contribution is 9.10. The first kappa shape index (κ1) is 21.9. The first-order valence-electron chi connectivity index (χ1n) is 10.8. The van der Waals surface area contributed by atoms with Gasteiger partial charge in [-0.25, -0.2) is 0 Å². The van der Waals surface area contributed by atoms with Gasteiger partial charge in [0.2, 0.25) is 0 Å². The van der Waals surface area contributed by atoms with Gasteiger partial charge in [0.25, 0.3) is 5.91 Å². The number of anilines is 1. The minimum absolute atomic E-state index is 0.0449. The number of rotatable bonds is 3. The highest BCUT2D eigenvalue weighted by Gasteiger charge is 2.43. The SMILES string of the molecule is CC(C)(C)c1ccc(C2c3c(-c4ccc(Br)cc4)n[nH]c3C(=O)N2c2ccc(Cl)cc2)cc1. The van der Waals surface area contributed by atoms with Crippen LogP contribution in [0.2, 0.25) is 5.02 Å². The average molecular weight is 521 g/mol. The summed E-state index contributed by atoms with van der Waals surface area (Å²) < 4.78 is 0.992. The molecule has 0 aliphatic carbocycles. The Morgan fingerprint density at radius 2 is 1.58 bits per heavy atom. The van der Waals surface area contributed by atoms with Gasteiger partial charge in [0.05, 0.1) is 11.7 Å². The Labute approximate surface area is 206 Å². The molecule has 0 saturated carbocycles. The Bertz CT molecular complexity index is 1320. The quantitative estimate of drug-likeness (QED) is 0.303. The zero-order valence-electron chi connectivity index (χ0n) is 18.6. The summed E-state index contributed by atoms with van der Waals surface area (Å²) in [4.78, 5) is 15.4. The molecular weight excluding hydrogens is 498 g/mol. The van der Waals surface area contributed by atoms with Crippen molar-refractivity contribution in [3.05, 3.63) is 105 Å². The van der Waals surface area contributed by atoms with E-state index >= 15 is 0 Å². The number of fused-ring (bicyclic) bond motifs is 1. The molecular formula is C27H23BrClN3O. The van der Waals surface area contributed by atoms with E-state index in [0.29, 0.717) is 10.7 Å². The number of benzene rings is 3. The summed E-state index contributed by atoms with van der Waals surface area (Å²) >= 11 is 9.63. The molecule has 1 atom stereocenters. The molecule has 1 N–H and O–H groups in total. The van der Waals surface area contributed by atoms with Gasteiger partial charge in [-0.1, -0.05) is 84.7 Å². The molecule has 0 spiro atoms. The number of aromatic amines is 1. The maximum Gasteiger partial charge on any atom is 0.277 e. The molecule has 0 fully saturated rings. The van der Waals surface area contributed by atoms with E-state index in [1.165, 1.54) is 5.56 Å². The van der Waals surface area contributed by atoms with Gasteiger partial charge in [0.1, 0.15) is 5.69 Å². The van der Waals surface area contributed by atoms with Crippen LogP contribution in [0.5, 0.6) is 0 Å². The Balaban J connectivity index is 1.69. The molecule has 0 radical (unpaired) electrons. The van der Waals surface area contributed by atoms with Crippen LogP contribution in [0.1, 0.15) is 54.0 Å². The fourth-order valence-corrected chi connectivity index (χ4v) is 4.71. The monoisotopic (exact) mass is 519 g/mol. The molecule has 3 aromatic carbocycles. The largest absolute Gasteiger partial charge is 0.295 e. The number of amides is 1. The molecule has 6 heteroatoms. The van der Waals surface area contributed by atoms with Crippen LogP contribution in [-0.4, -0.2) is 16.1 Å². The van der Waals surface area contributed by atoms with Crippen LogP contribution in [0, 0.1) is 0 Å². The van der Waals surface area contributed by atoms with E-state index in [0.717, 1.165) is 32.5 Å². The number of nitrogens with zero attached hydrogens (tertiary/aromatic N) is 2. The summed E-state index contributed by atoms with van der Waals surface area (Å²) in [6, 6.07) is 23.6. The minimum atomic E-state index is -0.305. The number of carbonyl (C=O) groups is 1. The Hall–Kier alpha value is -2.89. The molecule has 1 aliphatic heterocycles. The molecule has 1 unspecified atom stereocenters. The third-order valence-corrected chi connectivity index (χ3v) is 6.86. The summed E-state index contributed by atoms with van der Waals surface area (Å²) in [5, 5.41) is 8.20. The third-order valence-electron chi connectivity index (χ3n) is 6.08. The molecule has 4 nitrogen and oxygen atoms in total. The van der Waals surface area contributed by atoms with E-state index in [1.54, 1.807) is 0 Å². The average Bonchev–Trinajstić information content (AvgIpc) is 3.34. The lowest BCUT2D eigenvalue weighted by Crippen LogP contribution is -2.29. The summed E-state index contributed by atoms with van der Waals surface area (Å²) in [5.74, 6) is -0.104. The van der Waals surface area contributed by atoms with E-state index in [9.17, 15) is 4.79 Å². The van der Waals surface area contributed by atoms with Crippen molar-refractivity contribution in [2.75, 3.05) is 4.90 Å². The van der Waals surface area contributed by atoms with Crippen LogP contribution < -0.4 is 4.90 Å².